The van der Waals surface area contributed by atoms with Crippen molar-refractivity contribution in [3.8, 4) is 5.69 Å². The summed E-state index contributed by atoms with van der Waals surface area (Å²) in [5.41, 5.74) is 5.51. The van der Waals surface area contributed by atoms with E-state index < -0.39 is 12.2 Å². The zero-order valence-electron chi connectivity index (χ0n) is 23.2. The number of hydrogen-bond acceptors (Lipinski definition) is 10. The molecule has 0 radical (unpaired) electrons. The van der Waals surface area contributed by atoms with Crippen molar-refractivity contribution in [3.05, 3.63) is 95.6 Å². The first-order valence-corrected chi connectivity index (χ1v) is 14.8. The number of hydroxylamine groups is 1. The van der Waals surface area contributed by atoms with Crippen LogP contribution in [0.5, 0.6) is 0 Å². The van der Waals surface area contributed by atoms with Crippen molar-refractivity contribution < 1.29 is 29.4 Å². The lowest BCUT2D eigenvalue weighted by molar-refractivity contribution is -0.245. The van der Waals surface area contributed by atoms with Crippen molar-refractivity contribution in [2.45, 2.75) is 55.9 Å². The van der Waals surface area contributed by atoms with E-state index in [4.69, 9.17) is 14.7 Å². The van der Waals surface area contributed by atoms with Crippen LogP contribution in [-0.4, -0.2) is 54.2 Å². The number of carbonyl (C=O) groups is 2. The van der Waals surface area contributed by atoms with Crippen molar-refractivity contribution in [3.63, 3.8) is 0 Å². The number of rotatable bonds is 12. The minimum absolute atomic E-state index is 0.0416. The average Bonchev–Trinajstić information content (AvgIpc) is 3.53. The smallest absolute Gasteiger partial charge is 0.243 e. The number of amides is 2. The molecule has 0 bridgehead atoms. The number of tetrazole rings is 1. The molecule has 13 heteroatoms. The molecule has 1 saturated heterocycles. The fraction of sp³-hybridized carbons (Fsp3) is 0.300. The maximum atomic E-state index is 12.4. The van der Waals surface area contributed by atoms with Crippen LogP contribution >= 0.6 is 11.8 Å². The number of benzene rings is 3. The summed E-state index contributed by atoms with van der Waals surface area (Å²) in [5.74, 6) is -0.220. The maximum Gasteiger partial charge on any atom is 0.243 e. The molecule has 224 valence electrons. The molecule has 1 fully saturated rings. The number of aliphatic hydroxyl groups excluding tert-OH is 1. The van der Waals surface area contributed by atoms with Crippen LogP contribution in [0.15, 0.2) is 84.0 Å². The average molecular weight is 605 g/mol. The summed E-state index contributed by atoms with van der Waals surface area (Å²) >= 11 is 1.49. The van der Waals surface area contributed by atoms with Gasteiger partial charge in [0.1, 0.15) is 0 Å². The molecule has 0 spiro atoms. The second-order valence-corrected chi connectivity index (χ2v) is 10.9. The Morgan fingerprint density at radius 3 is 2.51 bits per heavy atom. The quantitative estimate of drug-likeness (QED) is 0.105. The van der Waals surface area contributed by atoms with E-state index in [1.165, 1.54) is 11.8 Å². The van der Waals surface area contributed by atoms with Gasteiger partial charge >= 0.3 is 0 Å². The number of aromatic nitrogens is 4. The molecule has 4 N–H and O–H groups in total. The summed E-state index contributed by atoms with van der Waals surface area (Å²) in [6.45, 7) is -0.0416. The van der Waals surface area contributed by atoms with Gasteiger partial charge in [0.15, 0.2) is 6.29 Å². The molecule has 0 saturated carbocycles. The standard InChI is InChI=1S/C30H32N6O6S/c37-18-20-12-14-21(15-13-20)26-17-25(19-43-30-32-34-35-36(30)24-8-2-1-3-9-24)41-29(42-26)22-6-4-7-23(16-22)31-27(38)10-5-11-28(39)33-40/h1-4,6-9,12-16,25-26,29,37,40H,5,10-11,17-19H2,(H,31,38)(H,33,39)/t25-,26+,29+/m0/s1. The summed E-state index contributed by atoms with van der Waals surface area (Å²) in [6, 6.07) is 24.6. The Balaban J connectivity index is 1.30. The molecule has 12 nitrogen and oxygen atoms in total. The highest BCUT2D eigenvalue weighted by molar-refractivity contribution is 7.99. The van der Waals surface area contributed by atoms with Gasteiger partial charge in [0.25, 0.3) is 0 Å². The van der Waals surface area contributed by atoms with Crippen LogP contribution in [0.4, 0.5) is 5.69 Å². The van der Waals surface area contributed by atoms with Gasteiger partial charge in [-0.15, -0.1) is 5.10 Å². The fourth-order valence-electron chi connectivity index (χ4n) is 4.64. The Kier molecular flexibility index (Phi) is 10.5. The van der Waals surface area contributed by atoms with E-state index in [9.17, 15) is 14.7 Å². The number of ether oxygens (including phenoxy) is 2. The third-order valence-electron chi connectivity index (χ3n) is 6.83. The van der Waals surface area contributed by atoms with E-state index in [1.54, 1.807) is 22.3 Å². The largest absolute Gasteiger partial charge is 0.392 e. The molecule has 43 heavy (non-hydrogen) atoms. The first-order chi connectivity index (χ1) is 21.0. The highest BCUT2D eigenvalue weighted by atomic mass is 32.2. The normalized spacial score (nSPS) is 18.2. The van der Waals surface area contributed by atoms with Crippen LogP contribution in [0.3, 0.4) is 0 Å². The lowest BCUT2D eigenvalue weighted by atomic mass is 10.0. The Morgan fingerprint density at radius 2 is 1.74 bits per heavy atom. The maximum absolute atomic E-state index is 12.4. The van der Waals surface area contributed by atoms with E-state index in [0.29, 0.717) is 29.4 Å². The Bertz CT molecular complexity index is 1500. The molecule has 1 aromatic heterocycles. The molecule has 5 rings (SSSR count). The fourth-order valence-corrected chi connectivity index (χ4v) is 5.55. The van der Waals surface area contributed by atoms with E-state index in [1.807, 2.05) is 66.7 Å². The number of anilines is 1. The number of hydrogen-bond donors (Lipinski definition) is 4. The van der Waals surface area contributed by atoms with Crippen LogP contribution < -0.4 is 10.8 Å². The number of thioether (sulfide) groups is 1. The number of carbonyl (C=O) groups excluding carboxylic acids is 2. The molecule has 4 aromatic rings. The third-order valence-corrected chi connectivity index (χ3v) is 7.88. The zero-order chi connectivity index (χ0) is 30.0. The zero-order valence-corrected chi connectivity index (χ0v) is 24.0. The van der Waals surface area contributed by atoms with Gasteiger partial charge in [0.05, 0.1) is 24.5 Å². The van der Waals surface area contributed by atoms with E-state index in [-0.39, 0.29) is 37.6 Å². The van der Waals surface area contributed by atoms with Crippen LogP contribution in [-0.2, 0) is 25.7 Å². The number of nitrogens with one attached hydrogen (secondary N) is 2. The number of para-hydroxylation sites is 1. The summed E-state index contributed by atoms with van der Waals surface area (Å²) < 4.78 is 14.6. The lowest BCUT2D eigenvalue weighted by Gasteiger charge is -2.36. The van der Waals surface area contributed by atoms with Crippen LogP contribution in [0.1, 0.15) is 54.8 Å². The highest BCUT2D eigenvalue weighted by Gasteiger charge is 2.33. The van der Waals surface area contributed by atoms with E-state index in [0.717, 1.165) is 22.4 Å². The van der Waals surface area contributed by atoms with Crippen molar-refractivity contribution in [2.75, 3.05) is 11.1 Å². The SMILES string of the molecule is O=C(CCCC(=O)Nc1cccc([C@@H]2O[C@H](CSc3nnnn3-c3ccccc3)C[C@H](c3ccc(CO)cc3)O2)c1)NO. The molecular formula is C30H32N6O6S. The minimum Gasteiger partial charge on any atom is -0.392 e. The molecule has 2 amide bonds. The van der Waals surface area contributed by atoms with Gasteiger partial charge in [-0.2, -0.15) is 4.68 Å². The molecule has 1 aliphatic rings. The van der Waals surface area contributed by atoms with Crippen molar-refractivity contribution in [1.29, 1.82) is 0 Å². The second-order valence-electron chi connectivity index (χ2n) is 9.93. The van der Waals surface area contributed by atoms with Gasteiger partial charge in [0, 0.05) is 36.3 Å². The van der Waals surface area contributed by atoms with Crippen LogP contribution in [0.2, 0.25) is 0 Å². The molecule has 2 heterocycles. The van der Waals surface area contributed by atoms with Crippen LogP contribution in [0, 0.1) is 0 Å². The van der Waals surface area contributed by atoms with Gasteiger partial charge in [-0.3, -0.25) is 14.8 Å². The summed E-state index contributed by atoms with van der Waals surface area (Å²) in [5, 5.41) is 33.8. The van der Waals surface area contributed by atoms with Crippen LogP contribution in [0.25, 0.3) is 5.69 Å². The first-order valence-electron chi connectivity index (χ1n) is 13.8. The molecular weight excluding hydrogens is 572 g/mol. The molecule has 0 unspecified atom stereocenters. The number of aliphatic hydroxyl groups is 1. The molecule has 0 aliphatic carbocycles. The Morgan fingerprint density at radius 1 is 0.953 bits per heavy atom. The predicted molar refractivity (Wildman–Crippen MR) is 157 cm³/mol. The van der Waals surface area contributed by atoms with Gasteiger partial charge < -0.3 is 19.9 Å². The summed E-state index contributed by atoms with van der Waals surface area (Å²) in [6.07, 6.45) is -0.144. The van der Waals surface area contributed by atoms with Gasteiger partial charge in [0.2, 0.25) is 17.0 Å². The van der Waals surface area contributed by atoms with E-state index >= 15 is 0 Å². The van der Waals surface area contributed by atoms with Gasteiger partial charge in [-0.25, -0.2) is 5.48 Å². The Labute approximate surface area is 252 Å². The molecule has 3 atom stereocenters. The summed E-state index contributed by atoms with van der Waals surface area (Å²) in [7, 11) is 0. The molecule has 3 aromatic carbocycles. The monoisotopic (exact) mass is 604 g/mol. The highest BCUT2D eigenvalue weighted by Crippen LogP contribution is 2.39. The Hall–Kier alpha value is -4.14. The van der Waals surface area contributed by atoms with Gasteiger partial charge in [-0.1, -0.05) is 66.4 Å². The topological polar surface area (TPSA) is 161 Å². The second kappa shape index (κ2) is 14.8. The predicted octanol–water partition coefficient (Wildman–Crippen LogP) is 4.11. The van der Waals surface area contributed by atoms with Crippen molar-refractivity contribution in [1.82, 2.24) is 25.7 Å². The number of nitrogens with zero attached hydrogens (tertiary/aromatic N) is 4. The first kappa shape index (κ1) is 30.3. The minimum atomic E-state index is -0.711. The van der Waals surface area contributed by atoms with E-state index in [2.05, 4.69) is 20.8 Å². The molecule has 1 aliphatic heterocycles. The van der Waals surface area contributed by atoms with Crippen molar-refractivity contribution >= 4 is 29.3 Å². The summed E-state index contributed by atoms with van der Waals surface area (Å²) in [4.78, 5) is 23.6. The lowest BCUT2D eigenvalue weighted by Crippen LogP contribution is -2.31. The van der Waals surface area contributed by atoms with Crippen molar-refractivity contribution in [2.24, 2.45) is 0 Å². The van der Waals surface area contributed by atoms with Gasteiger partial charge in [-0.05, 0) is 52.2 Å². The third kappa shape index (κ3) is 8.24.